The average Bonchev–Trinajstić information content (AvgIpc) is 3.11. The van der Waals surface area contributed by atoms with E-state index in [1.165, 1.54) is 37.5 Å². The third-order valence-electron chi connectivity index (χ3n) is 5.56. The zero-order chi connectivity index (χ0) is 25.9. The lowest BCUT2D eigenvalue weighted by atomic mass is 10.0. The van der Waals surface area contributed by atoms with Gasteiger partial charge in [0, 0.05) is 30.0 Å². The van der Waals surface area contributed by atoms with Crippen LogP contribution < -0.4 is 4.74 Å². The molecule has 0 bridgehead atoms. The van der Waals surface area contributed by atoms with Crippen molar-refractivity contribution in [3.8, 4) is 17.0 Å². The molecular formula is C26H22ClF3N4O2. The van der Waals surface area contributed by atoms with Gasteiger partial charge in [0.05, 0.1) is 25.0 Å². The summed E-state index contributed by atoms with van der Waals surface area (Å²) in [5.74, 6) is -0.206. The lowest BCUT2D eigenvalue weighted by molar-refractivity contribution is -0.144. The maximum Gasteiger partial charge on any atom is 0.431 e. The molecule has 0 aliphatic carbocycles. The number of nitrogens with zero attached hydrogens (tertiary/aromatic N) is 4. The molecule has 0 aliphatic rings. The van der Waals surface area contributed by atoms with Crippen molar-refractivity contribution in [2.24, 2.45) is 0 Å². The predicted octanol–water partition coefficient (Wildman–Crippen LogP) is 6.60. The largest absolute Gasteiger partial charge is 0.431 e. The molecule has 6 nitrogen and oxygen atoms in total. The van der Waals surface area contributed by atoms with Gasteiger partial charge >= 0.3 is 12.3 Å². The number of amides is 1. The van der Waals surface area contributed by atoms with Gasteiger partial charge in [-0.25, -0.2) is 4.79 Å². The van der Waals surface area contributed by atoms with E-state index >= 15 is 0 Å². The summed E-state index contributed by atoms with van der Waals surface area (Å²) < 4.78 is 49.8. The molecular weight excluding hydrogens is 493 g/mol. The lowest BCUT2D eigenvalue weighted by Gasteiger charge is -2.19. The van der Waals surface area contributed by atoms with Crippen LogP contribution in [-0.4, -0.2) is 32.6 Å². The van der Waals surface area contributed by atoms with E-state index in [-0.39, 0.29) is 30.1 Å². The number of carbonyl (C=O) groups excluding carboxylic acids is 1. The highest BCUT2D eigenvalue weighted by atomic mass is 35.5. The van der Waals surface area contributed by atoms with Crippen LogP contribution in [-0.2, 0) is 19.3 Å². The summed E-state index contributed by atoms with van der Waals surface area (Å²) in [4.78, 5) is 22.4. The molecule has 0 saturated heterocycles. The smallest absolute Gasteiger partial charge is 0.392 e. The van der Waals surface area contributed by atoms with Crippen LogP contribution in [0.1, 0.15) is 22.5 Å². The first-order valence-corrected chi connectivity index (χ1v) is 11.3. The van der Waals surface area contributed by atoms with Gasteiger partial charge in [0.2, 0.25) is 5.88 Å². The number of halogens is 4. The van der Waals surface area contributed by atoms with Crippen LogP contribution in [0.5, 0.6) is 5.88 Å². The topological polar surface area (TPSA) is 60.2 Å². The molecule has 2 aromatic heterocycles. The summed E-state index contributed by atoms with van der Waals surface area (Å²) in [6.07, 6.45) is -1.06. The monoisotopic (exact) mass is 514 g/mol. The number of benzene rings is 2. The summed E-state index contributed by atoms with van der Waals surface area (Å²) in [6.45, 7) is 1.28. The van der Waals surface area contributed by atoms with Crippen LogP contribution >= 0.6 is 11.6 Å². The van der Waals surface area contributed by atoms with Crippen molar-refractivity contribution in [3.05, 3.63) is 101 Å². The quantitative estimate of drug-likeness (QED) is 0.291. The summed E-state index contributed by atoms with van der Waals surface area (Å²) in [6, 6.07) is 15.0. The standard InChI is InChI=1S/C26H22ClF3N4O2/c1-17-22(19-8-10-20(27)11-9-19)24(36-25(35)33(2)16-21-14-31-12-13-32-21)34(23(17)26(28,29)30)15-18-6-4-3-5-7-18/h3-14H,15-16H2,1-2H3. The van der Waals surface area contributed by atoms with Crippen molar-refractivity contribution in [1.82, 2.24) is 19.4 Å². The van der Waals surface area contributed by atoms with Crippen molar-refractivity contribution in [2.75, 3.05) is 7.05 Å². The van der Waals surface area contributed by atoms with E-state index in [0.717, 1.165) is 4.57 Å². The molecule has 4 aromatic rings. The molecule has 0 N–H and O–H groups in total. The third-order valence-corrected chi connectivity index (χ3v) is 5.81. The second-order valence-corrected chi connectivity index (χ2v) is 8.59. The molecule has 2 aromatic carbocycles. The number of hydrogen-bond donors (Lipinski definition) is 0. The molecule has 0 aliphatic heterocycles. The van der Waals surface area contributed by atoms with Gasteiger partial charge in [-0.15, -0.1) is 0 Å². The zero-order valence-corrected chi connectivity index (χ0v) is 20.2. The molecule has 4 rings (SSSR count). The third kappa shape index (κ3) is 5.52. The van der Waals surface area contributed by atoms with Gasteiger partial charge < -0.3 is 14.2 Å². The molecule has 0 unspecified atom stereocenters. The van der Waals surface area contributed by atoms with E-state index in [9.17, 15) is 18.0 Å². The van der Waals surface area contributed by atoms with Gasteiger partial charge in [0.25, 0.3) is 0 Å². The van der Waals surface area contributed by atoms with Crippen molar-refractivity contribution in [3.63, 3.8) is 0 Å². The molecule has 10 heteroatoms. The van der Waals surface area contributed by atoms with E-state index in [1.807, 2.05) is 0 Å². The molecule has 0 atom stereocenters. The maximum absolute atomic E-state index is 14.4. The number of rotatable bonds is 6. The normalized spacial score (nSPS) is 11.4. The molecule has 2 heterocycles. The fraction of sp³-hybridized carbons (Fsp3) is 0.192. The Kier molecular flexibility index (Phi) is 7.30. The highest BCUT2D eigenvalue weighted by Crippen LogP contribution is 2.45. The van der Waals surface area contributed by atoms with Crippen molar-refractivity contribution >= 4 is 17.7 Å². The Morgan fingerprint density at radius 1 is 1.08 bits per heavy atom. The Balaban J connectivity index is 1.83. The van der Waals surface area contributed by atoms with E-state index in [0.29, 0.717) is 21.8 Å². The minimum Gasteiger partial charge on any atom is -0.392 e. The summed E-state index contributed by atoms with van der Waals surface area (Å²) in [5, 5.41) is 0.429. The SMILES string of the molecule is Cc1c(-c2ccc(Cl)cc2)c(OC(=O)N(C)Cc2cnccn2)n(Cc2ccccc2)c1C(F)(F)F. The predicted molar refractivity (Wildman–Crippen MR) is 130 cm³/mol. The first-order valence-electron chi connectivity index (χ1n) is 10.9. The van der Waals surface area contributed by atoms with Crippen LogP contribution in [0.15, 0.2) is 73.2 Å². The highest BCUT2D eigenvalue weighted by Gasteiger charge is 2.41. The molecule has 36 heavy (non-hydrogen) atoms. The van der Waals surface area contributed by atoms with E-state index < -0.39 is 18.0 Å². The van der Waals surface area contributed by atoms with Gasteiger partial charge in [-0.05, 0) is 35.7 Å². The molecule has 0 spiro atoms. The number of hydrogen-bond acceptors (Lipinski definition) is 4. The number of carbonyl (C=O) groups is 1. The van der Waals surface area contributed by atoms with Gasteiger partial charge in [-0.2, -0.15) is 13.2 Å². The highest BCUT2D eigenvalue weighted by molar-refractivity contribution is 6.30. The van der Waals surface area contributed by atoms with Crippen molar-refractivity contribution in [1.29, 1.82) is 0 Å². The van der Waals surface area contributed by atoms with Crippen LogP contribution in [0.3, 0.4) is 0 Å². The summed E-state index contributed by atoms with van der Waals surface area (Å²) in [5.41, 5.74) is 0.771. The van der Waals surface area contributed by atoms with Gasteiger partial charge in [-0.1, -0.05) is 54.1 Å². The van der Waals surface area contributed by atoms with Crippen LogP contribution in [0.25, 0.3) is 11.1 Å². The average molecular weight is 515 g/mol. The Labute approximate surface area is 210 Å². The number of aromatic nitrogens is 3. The summed E-state index contributed by atoms with van der Waals surface area (Å²) >= 11 is 6.01. The Morgan fingerprint density at radius 3 is 2.39 bits per heavy atom. The second-order valence-electron chi connectivity index (χ2n) is 8.15. The van der Waals surface area contributed by atoms with E-state index in [2.05, 4.69) is 9.97 Å². The van der Waals surface area contributed by atoms with E-state index in [1.54, 1.807) is 54.6 Å². The van der Waals surface area contributed by atoms with Crippen LogP contribution in [0.4, 0.5) is 18.0 Å². The first kappa shape index (κ1) is 25.2. The van der Waals surface area contributed by atoms with Crippen molar-refractivity contribution < 1.29 is 22.7 Å². The molecule has 0 saturated carbocycles. The van der Waals surface area contributed by atoms with E-state index in [4.69, 9.17) is 16.3 Å². The molecule has 0 fully saturated rings. The number of ether oxygens (including phenoxy) is 1. The molecule has 186 valence electrons. The minimum atomic E-state index is -4.70. The Bertz CT molecular complexity index is 1340. The second kappa shape index (κ2) is 10.4. The first-order chi connectivity index (χ1) is 17.1. The Hall–Kier alpha value is -3.85. The summed E-state index contributed by atoms with van der Waals surface area (Å²) in [7, 11) is 1.47. The maximum atomic E-state index is 14.4. The van der Waals surface area contributed by atoms with Gasteiger partial charge in [0.1, 0.15) is 5.69 Å². The lowest BCUT2D eigenvalue weighted by Crippen LogP contribution is -2.30. The zero-order valence-electron chi connectivity index (χ0n) is 19.5. The molecule has 1 amide bonds. The van der Waals surface area contributed by atoms with Gasteiger partial charge in [-0.3, -0.25) is 9.97 Å². The Morgan fingerprint density at radius 2 is 1.78 bits per heavy atom. The minimum absolute atomic E-state index is 0.0554. The number of alkyl halides is 3. The fourth-order valence-corrected chi connectivity index (χ4v) is 4.07. The fourth-order valence-electron chi connectivity index (χ4n) is 3.94. The van der Waals surface area contributed by atoms with Gasteiger partial charge in [0.15, 0.2) is 0 Å². The molecule has 0 radical (unpaired) electrons. The van der Waals surface area contributed by atoms with Crippen LogP contribution in [0, 0.1) is 6.92 Å². The van der Waals surface area contributed by atoms with Crippen LogP contribution in [0.2, 0.25) is 5.02 Å². The van der Waals surface area contributed by atoms with Crippen molar-refractivity contribution in [2.45, 2.75) is 26.2 Å².